The van der Waals surface area contributed by atoms with Gasteiger partial charge in [0.05, 0.1) is 17.3 Å². The predicted octanol–water partition coefficient (Wildman–Crippen LogP) is 2.41. The highest BCUT2D eigenvalue weighted by Gasteiger charge is 2.15. The summed E-state index contributed by atoms with van der Waals surface area (Å²) < 4.78 is 0. The van der Waals surface area contributed by atoms with E-state index in [4.69, 9.17) is 11.6 Å². The van der Waals surface area contributed by atoms with E-state index in [-0.39, 0.29) is 5.78 Å². The van der Waals surface area contributed by atoms with E-state index in [0.29, 0.717) is 18.0 Å². The van der Waals surface area contributed by atoms with Crippen molar-refractivity contribution in [3.8, 4) is 0 Å². The second kappa shape index (κ2) is 4.66. The van der Waals surface area contributed by atoms with E-state index in [0.717, 1.165) is 17.8 Å². The molecule has 1 aliphatic carbocycles. The molecule has 16 heavy (non-hydrogen) atoms. The Balaban J connectivity index is 2.02. The van der Waals surface area contributed by atoms with Gasteiger partial charge in [0.25, 0.3) is 0 Å². The fourth-order valence-electron chi connectivity index (χ4n) is 1.73. The normalized spacial score (nSPS) is 15.1. The third kappa shape index (κ3) is 2.61. The third-order valence-electron chi connectivity index (χ3n) is 2.63. The van der Waals surface area contributed by atoms with Crippen LogP contribution in [0.4, 0.5) is 0 Å². The van der Waals surface area contributed by atoms with E-state index >= 15 is 0 Å². The van der Waals surface area contributed by atoms with Gasteiger partial charge in [0.1, 0.15) is 0 Å². The lowest BCUT2D eigenvalue weighted by atomic mass is 10.3. The Kier molecular flexibility index (Phi) is 3.25. The fraction of sp³-hybridized carbons (Fsp3) is 0.333. The van der Waals surface area contributed by atoms with Crippen LogP contribution >= 0.6 is 11.6 Å². The molecule has 0 unspecified atom stereocenters. The molecule has 0 bridgehead atoms. The van der Waals surface area contributed by atoms with Crippen LogP contribution in [-0.4, -0.2) is 22.7 Å². The number of carbonyl (C=O) groups excluding carboxylic acids is 1. The van der Waals surface area contributed by atoms with E-state index in [2.05, 4.69) is 9.88 Å². The zero-order valence-electron chi connectivity index (χ0n) is 9.11. The van der Waals surface area contributed by atoms with Crippen LogP contribution in [0.3, 0.4) is 0 Å². The average Bonchev–Trinajstić information content (AvgIpc) is 2.68. The van der Waals surface area contributed by atoms with Crippen molar-refractivity contribution in [3.05, 3.63) is 40.8 Å². The number of aromatic nitrogens is 1. The molecular weight excluding hydrogens is 224 g/mol. The van der Waals surface area contributed by atoms with Crippen molar-refractivity contribution >= 4 is 17.4 Å². The topological polar surface area (TPSA) is 33.2 Å². The van der Waals surface area contributed by atoms with Gasteiger partial charge in [0.2, 0.25) is 0 Å². The molecule has 0 N–H and O–H groups in total. The highest BCUT2D eigenvalue weighted by Crippen LogP contribution is 2.19. The van der Waals surface area contributed by atoms with Gasteiger partial charge in [-0.05, 0) is 18.6 Å². The number of allylic oxidation sites excluding steroid dienone is 2. The molecule has 2 rings (SSSR count). The fourth-order valence-corrected chi connectivity index (χ4v) is 1.84. The van der Waals surface area contributed by atoms with Crippen LogP contribution in [0, 0.1) is 0 Å². The lowest BCUT2D eigenvalue weighted by Crippen LogP contribution is -2.16. The molecule has 3 nitrogen and oxygen atoms in total. The first-order valence-electron chi connectivity index (χ1n) is 5.20. The maximum atomic E-state index is 11.1. The first kappa shape index (κ1) is 11.1. The molecule has 1 heterocycles. The number of ketones is 1. The van der Waals surface area contributed by atoms with Crippen molar-refractivity contribution in [1.82, 2.24) is 9.88 Å². The molecular formula is C12H13ClN2O. The van der Waals surface area contributed by atoms with Crippen molar-refractivity contribution in [2.24, 2.45) is 0 Å². The molecule has 0 radical (unpaired) electrons. The molecule has 0 aromatic carbocycles. The number of nitrogens with zero attached hydrogens (tertiary/aromatic N) is 2. The van der Waals surface area contributed by atoms with Gasteiger partial charge < -0.3 is 4.90 Å². The molecule has 0 saturated heterocycles. The Morgan fingerprint density at radius 3 is 2.81 bits per heavy atom. The highest BCUT2D eigenvalue weighted by molar-refractivity contribution is 6.30. The molecule has 0 aliphatic heterocycles. The molecule has 0 atom stereocenters. The van der Waals surface area contributed by atoms with Gasteiger partial charge >= 0.3 is 0 Å². The van der Waals surface area contributed by atoms with Gasteiger partial charge in [0, 0.05) is 31.4 Å². The summed E-state index contributed by atoms with van der Waals surface area (Å²) in [6, 6.07) is 3.72. The summed E-state index contributed by atoms with van der Waals surface area (Å²) in [6.07, 6.45) is 4.82. The van der Waals surface area contributed by atoms with E-state index < -0.39 is 0 Å². The second-order valence-corrected chi connectivity index (χ2v) is 4.36. The number of rotatable bonds is 3. The second-order valence-electron chi connectivity index (χ2n) is 3.93. The van der Waals surface area contributed by atoms with Crippen LogP contribution in [0.2, 0.25) is 5.02 Å². The molecule has 0 amide bonds. The van der Waals surface area contributed by atoms with Crippen LogP contribution in [0.15, 0.2) is 30.1 Å². The van der Waals surface area contributed by atoms with Crippen molar-refractivity contribution < 1.29 is 4.79 Å². The summed E-state index contributed by atoms with van der Waals surface area (Å²) in [6.45, 7) is 0.705. The standard InChI is InChI=1S/C12H13ClN2O/c1-15(11-4-5-12(16)6-11)8-10-3-2-9(13)7-14-10/h2-3,6-7H,4-5,8H2,1H3. The van der Waals surface area contributed by atoms with Crippen LogP contribution in [0.5, 0.6) is 0 Å². The number of carbonyl (C=O) groups is 1. The van der Waals surface area contributed by atoms with Crippen molar-refractivity contribution in [1.29, 1.82) is 0 Å². The van der Waals surface area contributed by atoms with Gasteiger partial charge in [-0.1, -0.05) is 11.6 Å². The third-order valence-corrected chi connectivity index (χ3v) is 2.86. The first-order valence-corrected chi connectivity index (χ1v) is 5.58. The van der Waals surface area contributed by atoms with Gasteiger partial charge in [0.15, 0.2) is 5.78 Å². The molecule has 1 aromatic rings. The first-order chi connectivity index (χ1) is 7.65. The Bertz CT molecular complexity index is 425. The maximum absolute atomic E-state index is 11.1. The minimum Gasteiger partial charge on any atom is -0.372 e. The van der Waals surface area contributed by atoms with Crippen LogP contribution in [0.25, 0.3) is 0 Å². The summed E-state index contributed by atoms with van der Waals surface area (Å²) in [5.74, 6) is 0.214. The summed E-state index contributed by atoms with van der Waals surface area (Å²) in [4.78, 5) is 17.4. The Morgan fingerprint density at radius 2 is 2.25 bits per heavy atom. The van der Waals surface area contributed by atoms with Crippen molar-refractivity contribution in [2.45, 2.75) is 19.4 Å². The minimum absolute atomic E-state index is 0.214. The molecule has 4 heteroatoms. The Labute approximate surface area is 99.7 Å². The number of pyridine rings is 1. The van der Waals surface area contributed by atoms with E-state index in [1.54, 1.807) is 12.3 Å². The van der Waals surface area contributed by atoms with Crippen LogP contribution in [-0.2, 0) is 11.3 Å². The van der Waals surface area contributed by atoms with E-state index in [9.17, 15) is 4.79 Å². The van der Waals surface area contributed by atoms with Gasteiger partial charge in [-0.25, -0.2) is 0 Å². The average molecular weight is 237 g/mol. The zero-order valence-corrected chi connectivity index (χ0v) is 9.87. The Hall–Kier alpha value is -1.35. The molecule has 1 aliphatic rings. The summed E-state index contributed by atoms with van der Waals surface area (Å²) in [5, 5.41) is 0.640. The molecule has 0 fully saturated rings. The molecule has 0 saturated carbocycles. The number of halogens is 1. The zero-order chi connectivity index (χ0) is 11.5. The number of hydrogen-bond acceptors (Lipinski definition) is 3. The van der Waals surface area contributed by atoms with Gasteiger partial charge in [-0.15, -0.1) is 0 Å². The highest BCUT2D eigenvalue weighted by atomic mass is 35.5. The Morgan fingerprint density at radius 1 is 1.44 bits per heavy atom. The lowest BCUT2D eigenvalue weighted by Gasteiger charge is -2.19. The molecule has 84 valence electrons. The van der Waals surface area contributed by atoms with E-state index in [1.165, 1.54) is 0 Å². The lowest BCUT2D eigenvalue weighted by molar-refractivity contribution is -0.114. The van der Waals surface area contributed by atoms with E-state index in [1.807, 2.05) is 19.2 Å². The minimum atomic E-state index is 0.214. The smallest absolute Gasteiger partial charge is 0.157 e. The molecule has 0 spiro atoms. The van der Waals surface area contributed by atoms with Crippen LogP contribution in [0.1, 0.15) is 18.5 Å². The van der Waals surface area contributed by atoms with Gasteiger partial charge in [-0.3, -0.25) is 9.78 Å². The van der Waals surface area contributed by atoms with Crippen molar-refractivity contribution in [3.63, 3.8) is 0 Å². The SMILES string of the molecule is CN(Cc1ccc(Cl)cn1)C1=CC(=O)CC1. The number of hydrogen-bond donors (Lipinski definition) is 0. The summed E-state index contributed by atoms with van der Waals surface area (Å²) in [7, 11) is 1.97. The largest absolute Gasteiger partial charge is 0.372 e. The van der Waals surface area contributed by atoms with Crippen molar-refractivity contribution in [2.75, 3.05) is 7.05 Å². The quantitative estimate of drug-likeness (QED) is 0.808. The summed E-state index contributed by atoms with van der Waals surface area (Å²) >= 11 is 5.76. The van der Waals surface area contributed by atoms with Crippen LogP contribution < -0.4 is 0 Å². The molecule has 1 aromatic heterocycles. The monoisotopic (exact) mass is 236 g/mol. The predicted molar refractivity (Wildman–Crippen MR) is 63.0 cm³/mol. The maximum Gasteiger partial charge on any atom is 0.157 e. The summed E-state index contributed by atoms with van der Waals surface area (Å²) in [5.41, 5.74) is 2.04. The van der Waals surface area contributed by atoms with Gasteiger partial charge in [-0.2, -0.15) is 0 Å².